The molecular weight excluding hydrogens is 254 g/mol. The lowest BCUT2D eigenvalue weighted by atomic mass is 10.2. The Morgan fingerprint density at radius 3 is 2.58 bits per heavy atom. The number of nitrogens with one attached hydrogen (secondary N) is 2. The number of rotatable bonds is 5. The highest BCUT2D eigenvalue weighted by molar-refractivity contribution is 5.94. The lowest BCUT2D eigenvalue weighted by Crippen LogP contribution is -2.45. The summed E-state index contributed by atoms with van der Waals surface area (Å²) in [5.41, 5.74) is 5.93. The zero-order chi connectivity index (χ0) is 14.6. The second-order valence-electron chi connectivity index (χ2n) is 3.96. The summed E-state index contributed by atoms with van der Waals surface area (Å²) in [6, 6.07) is -2.11. The molecule has 19 heavy (non-hydrogen) atoms. The van der Waals surface area contributed by atoms with Crippen molar-refractivity contribution in [3.63, 3.8) is 0 Å². The van der Waals surface area contributed by atoms with E-state index in [-0.39, 0.29) is 0 Å². The van der Waals surface area contributed by atoms with E-state index in [0.29, 0.717) is 11.4 Å². The van der Waals surface area contributed by atoms with Crippen molar-refractivity contribution in [2.24, 2.45) is 12.8 Å². The predicted octanol–water partition coefficient (Wildman–Crippen LogP) is -0.821. The van der Waals surface area contributed by atoms with Crippen molar-refractivity contribution in [2.45, 2.75) is 19.4 Å². The van der Waals surface area contributed by atoms with Crippen LogP contribution in [0.25, 0.3) is 0 Å². The molecule has 9 nitrogen and oxygen atoms in total. The maximum absolute atomic E-state index is 11.6. The summed E-state index contributed by atoms with van der Waals surface area (Å²) in [5.74, 6) is -2.15. The maximum atomic E-state index is 11.6. The third kappa shape index (κ3) is 4.30. The standard InChI is InChI=1S/C10H15N5O4/c1-5-7(4-15(2)14-5)13-10(19)12-6(9(17)18)3-8(11)16/h4,6H,3H2,1-2H3,(H2,11,16)(H,17,18)(H2,12,13,19). The molecular formula is C10H15N5O4. The number of nitrogens with two attached hydrogens (primary N) is 1. The van der Waals surface area contributed by atoms with Crippen LogP contribution in [0.3, 0.4) is 0 Å². The minimum absolute atomic E-state index is 0.447. The molecule has 1 atom stereocenters. The number of urea groups is 1. The Balaban J connectivity index is 2.65. The highest BCUT2D eigenvalue weighted by atomic mass is 16.4. The Morgan fingerprint density at radius 2 is 2.16 bits per heavy atom. The minimum atomic E-state index is -1.37. The van der Waals surface area contributed by atoms with Gasteiger partial charge in [-0.3, -0.25) is 9.48 Å². The van der Waals surface area contributed by atoms with Crippen LogP contribution in [0.1, 0.15) is 12.1 Å². The molecule has 0 aromatic carbocycles. The first-order chi connectivity index (χ1) is 8.79. The summed E-state index contributed by atoms with van der Waals surface area (Å²) in [5, 5.41) is 17.4. The average Bonchev–Trinajstić information content (AvgIpc) is 2.55. The fourth-order valence-corrected chi connectivity index (χ4v) is 1.44. The molecule has 1 aromatic rings. The Labute approximate surface area is 108 Å². The van der Waals surface area contributed by atoms with Gasteiger partial charge in [0, 0.05) is 13.2 Å². The van der Waals surface area contributed by atoms with Crippen molar-refractivity contribution in [1.82, 2.24) is 15.1 Å². The van der Waals surface area contributed by atoms with E-state index in [0.717, 1.165) is 0 Å². The molecule has 104 valence electrons. The number of amides is 3. The van der Waals surface area contributed by atoms with E-state index in [1.54, 1.807) is 20.2 Å². The largest absolute Gasteiger partial charge is 0.480 e. The predicted molar refractivity (Wildman–Crippen MR) is 65.3 cm³/mol. The molecule has 1 unspecified atom stereocenters. The monoisotopic (exact) mass is 269 g/mol. The second kappa shape index (κ2) is 5.85. The first kappa shape index (κ1) is 14.5. The average molecular weight is 269 g/mol. The molecule has 1 heterocycles. The van der Waals surface area contributed by atoms with Crippen LogP contribution in [0.4, 0.5) is 10.5 Å². The molecule has 0 fully saturated rings. The molecule has 0 aliphatic rings. The number of anilines is 1. The number of carboxylic acids is 1. The molecule has 3 amide bonds. The Hall–Kier alpha value is -2.58. The Kier molecular flexibility index (Phi) is 4.46. The molecule has 0 aliphatic heterocycles. The van der Waals surface area contributed by atoms with Gasteiger partial charge in [0.1, 0.15) is 6.04 Å². The van der Waals surface area contributed by atoms with Crippen molar-refractivity contribution in [1.29, 1.82) is 0 Å². The summed E-state index contributed by atoms with van der Waals surface area (Å²) in [7, 11) is 1.68. The lowest BCUT2D eigenvalue weighted by molar-refractivity contribution is -0.140. The van der Waals surface area contributed by atoms with Crippen LogP contribution < -0.4 is 16.4 Å². The van der Waals surface area contributed by atoms with Gasteiger partial charge in [0.2, 0.25) is 5.91 Å². The van der Waals surface area contributed by atoms with Gasteiger partial charge in [-0.1, -0.05) is 0 Å². The van der Waals surface area contributed by atoms with Crippen LogP contribution >= 0.6 is 0 Å². The van der Waals surface area contributed by atoms with E-state index >= 15 is 0 Å². The number of hydrogen-bond acceptors (Lipinski definition) is 4. The zero-order valence-corrected chi connectivity index (χ0v) is 10.5. The van der Waals surface area contributed by atoms with Gasteiger partial charge in [0.25, 0.3) is 0 Å². The number of primary amides is 1. The Morgan fingerprint density at radius 1 is 1.53 bits per heavy atom. The summed E-state index contributed by atoms with van der Waals surface area (Å²) >= 11 is 0. The summed E-state index contributed by atoms with van der Waals surface area (Å²) in [6.07, 6.45) is 1.09. The van der Waals surface area contributed by atoms with Crippen molar-refractivity contribution < 1.29 is 19.5 Å². The molecule has 0 bridgehead atoms. The van der Waals surface area contributed by atoms with Gasteiger partial charge in [-0.15, -0.1) is 0 Å². The number of hydrogen-bond donors (Lipinski definition) is 4. The molecule has 0 saturated carbocycles. The fourth-order valence-electron chi connectivity index (χ4n) is 1.44. The molecule has 0 saturated heterocycles. The van der Waals surface area contributed by atoms with E-state index in [9.17, 15) is 14.4 Å². The second-order valence-corrected chi connectivity index (χ2v) is 3.96. The molecule has 0 spiro atoms. The van der Waals surface area contributed by atoms with E-state index in [1.807, 2.05) is 0 Å². The van der Waals surface area contributed by atoms with E-state index in [4.69, 9.17) is 10.8 Å². The first-order valence-corrected chi connectivity index (χ1v) is 5.38. The van der Waals surface area contributed by atoms with Crippen LogP contribution in [-0.2, 0) is 16.6 Å². The van der Waals surface area contributed by atoms with Crippen LogP contribution in [0.2, 0.25) is 0 Å². The highest BCUT2D eigenvalue weighted by Gasteiger charge is 2.22. The number of aryl methyl sites for hydroxylation is 2. The number of carboxylic acid groups (broad SMARTS) is 1. The van der Waals surface area contributed by atoms with E-state index < -0.39 is 30.4 Å². The molecule has 1 aromatic heterocycles. The lowest BCUT2D eigenvalue weighted by Gasteiger charge is -2.13. The van der Waals surface area contributed by atoms with Crippen LogP contribution in [0.5, 0.6) is 0 Å². The maximum Gasteiger partial charge on any atom is 0.326 e. The van der Waals surface area contributed by atoms with Crippen molar-refractivity contribution in [3.8, 4) is 0 Å². The third-order valence-electron chi connectivity index (χ3n) is 2.27. The van der Waals surface area contributed by atoms with E-state index in [2.05, 4.69) is 15.7 Å². The summed E-state index contributed by atoms with van der Waals surface area (Å²) in [6.45, 7) is 1.69. The number of aliphatic carboxylic acids is 1. The SMILES string of the molecule is Cc1nn(C)cc1NC(=O)NC(CC(N)=O)C(=O)O. The molecule has 0 aliphatic carbocycles. The van der Waals surface area contributed by atoms with E-state index in [1.165, 1.54) is 4.68 Å². The fraction of sp³-hybridized carbons (Fsp3) is 0.400. The van der Waals surface area contributed by atoms with Gasteiger partial charge in [-0.05, 0) is 6.92 Å². The van der Waals surface area contributed by atoms with Gasteiger partial charge >= 0.3 is 12.0 Å². The van der Waals surface area contributed by atoms with Gasteiger partial charge in [-0.25, -0.2) is 9.59 Å². The molecule has 5 N–H and O–H groups in total. The Bertz CT molecular complexity index is 510. The highest BCUT2D eigenvalue weighted by Crippen LogP contribution is 2.10. The first-order valence-electron chi connectivity index (χ1n) is 5.38. The smallest absolute Gasteiger partial charge is 0.326 e. The van der Waals surface area contributed by atoms with Crippen molar-refractivity contribution >= 4 is 23.6 Å². The van der Waals surface area contributed by atoms with Gasteiger partial charge < -0.3 is 21.5 Å². The topological polar surface area (TPSA) is 139 Å². The van der Waals surface area contributed by atoms with Crippen LogP contribution in [-0.4, -0.2) is 38.8 Å². The van der Waals surface area contributed by atoms with Gasteiger partial charge in [-0.2, -0.15) is 5.10 Å². The normalized spacial score (nSPS) is 11.7. The molecule has 1 rings (SSSR count). The van der Waals surface area contributed by atoms with Gasteiger partial charge in [0.15, 0.2) is 0 Å². The van der Waals surface area contributed by atoms with Crippen molar-refractivity contribution in [3.05, 3.63) is 11.9 Å². The molecule has 0 radical (unpaired) electrons. The van der Waals surface area contributed by atoms with Gasteiger partial charge in [0.05, 0.1) is 17.8 Å². The van der Waals surface area contributed by atoms with Crippen LogP contribution in [0.15, 0.2) is 6.20 Å². The molecule has 9 heteroatoms. The summed E-state index contributed by atoms with van der Waals surface area (Å²) in [4.78, 5) is 33.1. The number of nitrogens with zero attached hydrogens (tertiary/aromatic N) is 2. The third-order valence-corrected chi connectivity index (χ3v) is 2.27. The quantitative estimate of drug-likeness (QED) is 0.553. The minimum Gasteiger partial charge on any atom is -0.480 e. The number of aromatic nitrogens is 2. The van der Waals surface area contributed by atoms with Crippen LogP contribution in [0, 0.1) is 6.92 Å². The number of carbonyl (C=O) groups excluding carboxylic acids is 2. The number of carbonyl (C=O) groups is 3. The van der Waals surface area contributed by atoms with Crippen molar-refractivity contribution in [2.75, 3.05) is 5.32 Å². The summed E-state index contributed by atoms with van der Waals surface area (Å²) < 4.78 is 1.50. The zero-order valence-electron chi connectivity index (χ0n) is 10.5.